The molecule has 2 aromatic carbocycles. The van der Waals surface area contributed by atoms with E-state index in [0.29, 0.717) is 10.0 Å². The van der Waals surface area contributed by atoms with Crippen molar-refractivity contribution in [2.45, 2.75) is 36.7 Å². The molecule has 0 atom stereocenters. The van der Waals surface area contributed by atoms with Crippen molar-refractivity contribution < 1.29 is 8.98 Å². The first-order chi connectivity index (χ1) is 12.6. The second kappa shape index (κ2) is 6.17. The van der Waals surface area contributed by atoms with Gasteiger partial charge in [-0.05, 0) is 35.4 Å². The predicted molar refractivity (Wildman–Crippen MR) is 115 cm³/mol. The highest BCUT2D eigenvalue weighted by Gasteiger charge is 2.78. The Morgan fingerprint density at radius 3 is 1.59 bits per heavy atom. The van der Waals surface area contributed by atoms with Crippen LogP contribution in [0, 0.1) is 10.8 Å². The topological polar surface area (TPSA) is 26.3 Å². The highest BCUT2D eigenvalue weighted by molar-refractivity contribution is 8.19. The molecular weight excluding hydrogens is 419 g/mol. The quantitative estimate of drug-likeness (QED) is 0.474. The fraction of sp³-hybridized carbons (Fsp3) is 0.381. The number of benzene rings is 2. The SMILES string of the molecule is CC1(C)C(=O)C(C)(C)C12SOC(c1ccc(Cl)cc1)(c1ccc(Cl)cc1)S2. The highest BCUT2D eigenvalue weighted by atomic mass is 35.5. The van der Waals surface area contributed by atoms with Crippen LogP contribution in [0.25, 0.3) is 0 Å². The van der Waals surface area contributed by atoms with Gasteiger partial charge in [-0.3, -0.25) is 8.98 Å². The van der Waals surface area contributed by atoms with Gasteiger partial charge in [-0.2, -0.15) is 0 Å². The van der Waals surface area contributed by atoms with E-state index in [4.69, 9.17) is 27.4 Å². The molecule has 1 aliphatic carbocycles. The summed E-state index contributed by atoms with van der Waals surface area (Å²) in [6.45, 7) is 8.07. The Morgan fingerprint density at radius 2 is 1.19 bits per heavy atom. The minimum absolute atomic E-state index is 0.265. The van der Waals surface area contributed by atoms with Gasteiger partial charge in [-0.25, -0.2) is 0 Å². The molecule has 0 aromatic heterocycles. The van der Waals surface area contributed by atoms with Crippen LogP contribution >= 0.6 is 47.0 Å². The molecule has 2 aromatic rings. The molecule has 1 heterocycles. The van der Waals surface area contributed by atoms with Crippen LogP contribution < -0.4 is 0 Å². The first kappa shape index (κ1) is 19.7. The lowest BCUT2D eigenvalue weighted by Crippen LogP contribution is -2.70. The number of Topliss-reactive ketones (excluding diaryl/α,β-unsaturated/α-hetero) is 1. The fourth-order valence-corrected chi connectivity index (χ4v) is 8.05. The molecular formula is C21H20Cl2O2S2. The van der Waals surface area contributed by atoms with Crippen LogP contribution in [0.5, 0.6) is 0 Å². The molecule has 6 heteroatoms. The zero-order valence-electron chi connectivity index (χ0n) is 15.5. The maximum Gasteiger partial charge on any atom is 0.180 e. The number of ketones is 1. The Balaban J connectivity index is 1.88. The molecule has 0 amide bonds. The zero-order chi connectivity index (χ0) is 19.7. The number of thioether (sulfide) groups is 1. The Morgan fingerprint density at radius 1 is 0.778 bits per heavy atom. The van der Waals surface area contributed by atoms with E-state index in [0.717, 1.165) is 11.1 Å². The minimum atomic E-state index is -0.741. The van der Waals surface area contributed by atoms with Gasteiger partial charge in [-0.15, -0.1) is 0 Å². The second-order valence-corrected chi connectivity index (χ2v) is 11.6. The van der Waals surface area contributed by atoms with E-state index in [1.54, 1.807) is 11.8 Å². The summed E-state index contributed by atoms with van der Waals surface area (Å²) in [5.74, 6) is 0.265. The minimum Gasteiger partial charge on any atom is -0.298 e. The first-order valence-electron chi connectivity index (χ1n) is 8.71. The van der Waals surface area contributed by atoms with E-state index in [9.17, 15) is 4.79 Å². The van der Waals surface area contributed by atoms with Crippen LogP contribution in [0.1, 0.15) is 38.8 Å². The average molecular weight is 439 g/mol. The van der Waals surface area contributed by atoms with Gasteiger partial charge in [0, 0.05) is 22.1 Å². The molecule has 0 radical (unpaired) electrons. The van der Waals surface area contributed by atoms with Crippen molar-refractivity contribution in [2.24, 2.45) is 10.8 Å². The first-order valence-corrected chi connectivity index (χ1v) is 11.0. The molecule has 1 spiro atoms. The molecule has 27 heavy (non-hydrogen) atoms. The van der Waals surface area contributed by atoms with Crippen molar-refractivity contribution in [3.8, 4) is 0 Å². The van der Waals surface area contributed by atoms with Gasteiger partial charge >= 0.3 is 0 Å². The summed E-state index contributed by atoms with van der Waals surface area (Å²) >= 11 is 15.4. The second-order valence-electron chi connectivity index (χ2n) is 8.09. The Labute approximate surface area is 178 Å². The highest BCUT2D eigenvalue weighted by Crippen LogP contribution is 2.79. The summed E-state index contributed by atoms with van der Waals surface area (Å²) in [6.07, 6.45) is 0. The molecule has 2 nitrogen and oxygen atoms in total. The smallest absolute Gasteiger partial charge is 0.180 e. The molecule has 2 aliphatic rings. The molecule has 142 valence electrons. The van der Waals surface area contributed by atoms with E-state index in [1.165, 1.54) is 12.0 Å². The van der Waals surface area contributed by atoms with Gasteiger partial charge in [-0.1, -0.05) is 86.9 Å². The lowest BCUT2D eigenvalue weighted by molar-refractivity contribution is -0.152. The van der Waals surface area contributed by atoms with E-state index in [2.05, 4.69) is 0 Å². The summed E-state index contributed by atoms with van der Waals surface area (Å²) < 4.78 is 6.12. The lowest BCUT2D eigenvalue weighted by atomic mass is 9.53. The van der Waals surface area contributed by atoms with Crippen molar-refractivity contribution in [1.29, 1.82) is 0 Å². The van der Waals surface area contributed by atoms with Crippen molar-refractivity contribution in [3.63, 3.8) is 0 Å². The standard InChI is InChI=1S/C21H20Cl2O2S2/c1-18(2)17(24)19(3,4)21(18)26-20(25-27-21,13-5-9-15(22)10-6-13)14-7-11-16(23)12-8-14/h5-12H,1-4H3. The number of rotatable bonds is 2. The third-order valence-electron chi connectivity index (χ3n) is 5.79. The fourth-order valence-electron chi connectivity index (χ4n) is 4.34. The van der Waals surface area contributed by atoms with Crippen LogP contribution in [-0.4, -0.2) is 9.86 Å². The Bertz CT molecular complexity index is 841. The van der Waals surface area contributed by atoms with Crippen molar-refractivity contribution in [2.75, 3.05) is 0 Å². The molecule has 1 aliphatic heterocycles. The number of hydrogen-bond acceptors (Lipinski definition) is 4. The molecule has 0 unspecified atom stereocenters. The maximum atomic E-state index is 12.8. The monoisotopic (exact) mass is 438 g/mol. The van der Waals surface area contributed by atoms with Gasteiger partial charge in [0.2, 0.25) is 0 Å². The largest absolute Gasteiger partial charge is 0.298 e. The third kappa shape index (κ3) is 2.50. The molecule has 1 saturated heterocycles. The van der Waals surface area contributed by atoms with Crippen LogP contribution in [0.15, 0.2) is 48.5 Å². The number of hydrogen-bond donors (Lipinski definition) is 0. The van der Waals surface area contributed by atoms with Crippen LogP contribution in [0.3, 0.4) is 0 Å². The molecule has 0 bridgehead atoms. The average Bonchev–Trinajstić information content (AvgIpc) is 3.07. The van der Waals surface area contributed by atoms with E-state index in [1.807, 2.05) is 76.2 Å². The number of halogens is 2. The summed E-state index contributed by atoms with van der Waals surface area (Å²) in [5.41, 5.74) is 1.00. The number of carbonyl (C=O) groups is 1. The number of carbonyl (C=O) groups excluding carboxylic acids is 1. The van der Waals surface area contributed by atoms with Gasteiger partial charge in [0.1, 0.15) is 9.86 Å². The van der Waals surface area contributed by atoms with Crippen LogP contribution in [0.4, 0.5) is 0 Å². The summed E-state index contributed by atoms with van der Waals surface area (Å²) in [7, 11) is 0. The van der Waals surface area contributed by atoms with Crippen molar-refractivity contribution in [1.82, 2.24) is 0 Å². The summed E-state index contributed by atoms with van der Waals surface area (Å²) in [5, 5.41) is 1.35. The summed E-state index contributed by atoms with van der Waals surface area (Å²) in [4.78, 5) is 12.1. The lowest BCUT2D eigenvalue weighted by Gasteiger charge is -2.61. The van der Waals surface area contributed by atoms with Gasteiger partial charge < -0.3 is 0 Å². The predicted octanol–water partition coefficient (Wildman–Crippen LogP) is 6.94. The van der Waals surface area contributed by atoms with Crippen LogP contribution in [0.2, 0.25) is 10.0 Å². The van der Waals surface area contributed by atoms with E-state index < -0.39 is 19.8 Å². The zero-order valence-corrected chi connectivity index (χ0v) is 18.7. The summed E-state index contributed by atoms with van der Waals surface area (Å²) in [6, 6.07) is 15.4. The van der Waals surface area contributed by atoms with Gasteiger partial charge in [0.25, 0.3) is 0 Å². The van der Waals surface area contributed by atoms with Gasteiger partial charge in [0.15, 0.2) is 4.93 Å². The third-order valence-corrected chi connectivity index (χ3v) is 10.6. The maximum absolute atomic E-state index is 12.8. The van der Waals surface area contributed by atoms with Crippen LogP contribution in [-0.2, 0) is 13.9 Å². The van der Waals surface area contributed by atoms with Crippen molar-refractivity contribution in [3.05, 3.63) is 69.7 Å². The Kier molecular flexibility index (Phi) is 4.49. The molecule has 1 saturated carbocycles. The van der Waals surface area contributed by atoms with E-state index >= 15 is 0 Å². The van der Waals surface area contributed by atoms with E-state index in [-0.39, 0.29) is 5.78 Å². The normalized spacial score (nSPS) is 24.0. The Hall–Kier alpha value is -0.650. The van der Waals surface area contributed by atoms with Gasteiger partial charge in [0.05, 0.1) is 10.8 Å². The molecule has 2 fully saturated rings. The molecule has 0 N–H and O–H groups in total. The van der Waals surface area contributed by atoms with Crippen molar-refractivity contribution >= 4 is 52.8 Å². The molecule has 4 rings (SSSR count).